The maximum absolute atomic E-state index is 14.3. The topological polar surface area (TPSA) is 185 Å². The van der Waals surface area contributed by atoms with Crippen LogP contribution >= 0.6 is 7.82 Å². The van der Waals surface area contributed by atoms with Crippen molar-refractivity contribution in [2.75, 3.05) is 6.61 Å². The minimum absolute atomic E-state index is 0.257. The van der Waals surface area contributed by atoms with Crippen molar-refractivity contribution in [3.63, 3.8) is 0 Å². The van der Waals surface area contributed by atoms with Crippen LogP contribution in [0.1, 0.15) is 45.7 Å². The molecule has 1 aliphatic heterocycles. The molecular formula is C31H37O15P. The van der Waals surface area contributed by atoms with Gasteiger partial charge in [-0.1, -0.05) is 60.7 Å². The van der Waals surface area contributed by atoms with E-state index in [2.05, 4.69) is 0 Å². The Kier molecular flexibility index (Phi) is 14.0. The van der Waals surface area contributed by atoms with Gasteiger partial charge in [0.2, 0.25) is 6.29 Å². The van der Waals surface area contributed by atoms with Crippen LogP contribution in [-0.4, -0.2) is 73.3 Å². The zero-order valence-corrected chi connectivity index (χ0v) is 27.3. The number of hydrogen-bond donors (Lipinski definition) is 0. The van der Waals surface area contributed by atoms with Crippen LogP contribution in [0.5, 0.6) is 0 Å². The van der Waals surface area contributed by atoms with Gasteiger partial charge in [-0.25, -0.2) is 4.57 Å². The van der Waals surface area contributed by atoms with E-state index in [9.17, 15) is 28.5 Å². The van der Waals surface area contributed by atoms with Crippen molar-refractivity contribution in [1.82, 2.24) is 0 Å². The third kappa shape index (κ3) is 12.2. The fraction of sp³-hybridized carbons (Fsp3) is 0.452. The van der Waals surface area contributed by atoms with E-state index < -0.39 is 81.1 Å². The zero-order chi connectivity index (χ0) is 34.6. The largest absolute Gasteiger partial charge is 0.477 e. The first-order valence-corrected chi connectivity index (χ1v) is 15.9. The smallest absolute Gasteiger partial charge is 0.462 e. The van der Waals surface area contributed by atoms with Crippen LogP contribution < -0.4 is 0 Å². The second-order valence-electron chi connectivity index (χ2n) is 10.2. The van der Waals surface area contributed by atoms with Crippen molar-refractivity contribution >= 4 is 37.7 Å². The van der Waals surface area contributed by atoms with Gasteiger partial charge in [0, 0.05) is 34.6 Å². The maximum Gasteiger partial charge on any atom is 0.477 e. The van der Waals surface area contributed by atoms with E-state index in [1.54, 1.807) is 60.7 Å². The zero-order valence-electron chi connectivity index (χ0n) is 26.4. The number of carbonyl (C=O) groups is 5. The summed E-state index contributed by atoms with van der Waals surface area (Å²) < 4.78 is 64.3. The van der Waals surface area contributed by atoms with Crippen molar-refractivity contribution in [2.24, 2.45) is 0 Å². The van der Waals surface area contributed by atoms with Gasteiger partial charge in [-0.3, -0.25) is 37.5 Å². The molecule has 0 aromatic heterocycles. The molecule has 0 saturated carbocycles. The van der Waals surface area contributed by atoms with Gasteiger partial charge in [0.05, 0.1) is 13.2 Å². The molecule has 2 aromatic rings. The highest BCUT2D eigenvalue weighted by molar-refractivity contribution is 7.48. The van der Waals surface area contributed by atoms with Crippen LogP contribution in [0, 0.1) is 0 Å². The SMILES string of the molecule is CC(=O)OC[C@H](OC(C)=O)[C@H]1O[C@@H](OP(=O)(OCc2ccccc2)OCc2ccccc2)[C@@H](OC(C)=O)[C@@H](OC(C)=O)[C@@H]1OC(C)=O. The van der Waals surface area contributed by atoms with Gasteiger partial charge in [0.25, 0.3) is 0 Å². The average molecular weight is 681 g/mol. The Labute approximate surface area is 271 Å². The van der Waals surface area contributed by atoms with Crippen molar-refractivity contribution in [2.45, 2.75) is 84.6 Å². The Hall–Kier alpha value is -4.14. The summed E-state index contributed by atoms with van der Waals surface area (Å²) in [6, 6.07) is 17.3. The molecule has 15 nitrogen and oxygen atoms in total. The average Bonchev–Trinajstić information content (AvgIpc) is 3.00. The van der Waals surface area contributed by atoms with E-state index in [-0.39, 0.29) is 13.2 Å². The standard InChI is InChI=1S/C31H37O15P/c1-19(32)38-18-26(41-20(2)33)27-28(42-21(3)34)29(43-22(4)35)30(44-23(5)36)31(45-27)46-47(37,39-16-24-12-8-6-9-13-24)40-17-25-14-10-7-11-15-25/h6-15,26-31H,16-18H2,1-5H3/t26-,27+,28+,29-,30-,31-/m0/s1. The van der Waals surface area contributed by atoms with Crippen LogP contribution in [0.4, 0.5) is 0 Å². The lowest BCUT2D eigenvalue weighted by Gasteiger charge is -2.46. The lowest BCUT2D eigenvalue weighted by Crippen LogP contribution is -2.65. The van der Waals surface area contributed by atoms with E-state index in [4.69, 9.17) is 42.0 Å². The molecule has 3 rings (SSSR count). The van der Waals surface area contributed by atoms with Crippen LogP contribution in [-0.2, 0) is 83.7 Å². The van der Waals surface area contributed by atoms with Crippen LogP contribution in [0.25, 0.3) is 0 Å². The second-order valence-corrected chi connectivity index (χ2v) is 11.8. The van der Waals surface area contributed by atoms with Gasteiger partial charge in [0.15, 0.2) is 24.4 Å². The number of hydrogen-bond acceptors (Lipinski definition) is 15. The van der Waals surface area contributed by atoms with Crippen molar-refractivity contribution in [3.05, 3.63) is 71.8 Å². The highest BCUT2D eigenvalue weighted by Gasteiger charge is 2.57. The highest BCUT2D eigenvalue weighted by atomic mass is 31.2. The van der Waals surface area contributed by atoms with Gasteiger partial charge in [-0.2, -0.15) is 0 Å². The van der Waals surface area contributed by atoms with Crippen LogP contribution in [0.3, 0.4) is 0 Å². The number of esters is 5. The third-order valence-corrected chi connectivity index (χ3v) is 7.63. The second kappa shape index (κ2) is 17.7. The minimum atomic E-state index is -4.68. The summed E-state index contributed by atoms with van der Waals surface area (Å²) >= 11 is 0. The predicted octanol–water partition coefficient (Wildman–Crippen LogP) is 3.56. The Morgan fingerprint density at radius 2 is 1.13 bits per heavy atom. The molecule has 47 heavy (non-hydrogen) atoms. The molecule has 1 aliphatic rings. The molecule has 0 amide bonds. The molecule has 6 atom stereocenters. The summed E-state index contributed by atoms with van der Waals surface area (Å²) in [5, 5.41) is 0. The molecule has 0 spiro atoms. The number of ether oxygens (including phenoxy) is 6. The van der Waals surface area contributed by atoms with E-state index in [1.165, 1.54) is 0 Å². The van der Waals surface area contributed by atoms with Gasteiger partial charge in [0.1, 0.15) is 12.7 Å². The minimum Gasteiger partial charge on any atom is -0.462 e. The molecule has 0 unspecified atom stereocenters. The number of phosphoric acid groups is 1. The third-order valence-electron chi connectivity index (χ3n) is 6.27. The summed E-state index contributed by atoms with van der Waals surface area (Å²) in [4.78, 5) is 60.6. The van der Waals surface area contributed by atoms with Gasteiger partial charge in [-0.15, -0.1) is 0 Å². The van der Waals surface area contributed by atoms with E-state index in [1.807, 2.05) is 0 Å². The van der Waals surface area contributed by atoms with Gasteiger partial charge >= 0.3 is 37.7 Å². The Morgan fingerprint density at radius 1 is 0.660 bits per heavy atom. The van der Waals surface area contributed by atoms with Gasteiger partial charge < -0.3 is 28.4 Å². The first kappa shape index (κ1) is 37.3. The monoisotopic (exact) mass is 680 g/mol. The van der Waals surface area contributed by atoms with Crippen molar-refractivity contribution in [3.8, 4) is 0 Å². The molecule has 256 valence electrons. The number of phosphoric ester groups is 1. The fourth-order valence-electron chi connectivity index (χ4n) is 4.48. The summed E-state index contributed by atoms with van der Waals surface area (Å²) in [6.07, 6.45) is -10.1. The Bertz CT molecular complexity index is 1370. The molecule has 16 heteroatoms. The lowest BCUT2D eigenvalue weighted by molar-refractivity contribution is -0.302. The quantitative estimate of drug-likeness (QED) is 0.151. The van der Waals surface area contributed by atoms with Crippen LogP contribution in [0.2, 0.25) is 0 Å². The number of rotatable bonds is 15. The first-order valence-electron chi connectivity index (χ1n) is 14.4. The van der Waals surface area contributed by atoms with E-state index in [0.717, 1.165) is 34.6 Å². The Morgan fingerprint density at radius 3 is 1.57 bits per heavy atom. The van der Waals surface area contributed by atoms with Crippen LogP contribution in [0.15, 0.2) is 60.7 Å². The predicted molar refractivity (Wildman–Crippen MR) is 159 cm³/mol. The molecular weight excluding hydrogens is 643 g/mol. The molecule has 0 aliphatic carbocycles. The van der Waals surface area contributed by atoms with Crippen molar-refractivity contribution in [1.29, 1.82) is 0 Å². The first-order chi connectivity index (χ1) is 22.3. The molecule has 1 fully saturated rings. The van der Waals surface area contributed by atoms with Crippen molar-refractivity contribution < 1.29 is 70.5 Å². The Balaban J connectivity index is 2.09. The normalized spacial score (nSPS) is 21.5. The molecule has 1 saturated heterocycles. The van der Waals surface area contributed by atoms with Gasteiger partial charge in [-0.05, 0) is 11.1 Å². The molecule has 0 radical (unpaired) electrons. The molecule has 0 bridgehead atoms. The summed E-state index contributed by atoms with van der Waals surface area (Å²) in [6.45, 7) is 4.16. The maximum atomic E-state index is 14.3. The molecule has 2 aromatic carbocycles. The fourth-order valence-corrected chi connectivity index (χ4v) is 5.71. The van der Waals surface area contributed by atoms with E-state index in [0.29, 0.717) is 11.1 Å². The molecule has 0 N–H and O–H groups in total. The number of benzene rings is 2. The summed E-state index contributed by atoms with van der Waals surface area (Å²) in [7, 11) is -4.68. The summed E-state index contributed by atoms with van der Waals surface area (Å²) in [5.74, 6) is -4.31. The number of carbonyl (C=O) groups excluding carboxylic acids is 5. The lowest BCUT2D eigenvalue weighted by atomic mass is 9.94. The summed E-state index contributed by atoms with van der Waals surface area (Å²) in [5.41, 5.74) is 1.20. The van der Waals surface area contributed by atoms with E-state index >= 15 is 0 Å². The highest BCUT2D eigenvalue weighted by Crippen LogP contribution is 2.54. The molecule has 1 heterocycles.